The fourth-order valence-electron chi connectivity index (χ4n) is 3.06. The molecule has 0 radical (unpaired) electrons. The van der Waals surface area contributed by atoms with Crippen molar-refractivity contribution in [1.82, 2.24) is 10.3 Å². The summed E-state index contributed by atoms with van der Waals surface area (Å²) in [7, 11) is 0. The molecule has 0 spiro atoms. The molecule has 0 saturated heterocycles. The lowest BCUT2D eigenvalue weighted by molar-refractivity contribution is 0.233. The van der Waals surface area contributed by atoms with Gasteiger partial charge in [0.2, 0.25) is 0 Å². The number of nitrogens with zero attached hydrogens (tertiary/aromatic N) is 1. The maximum absolute atomic E-state index is 5.87. The molecule has 4 heteroatoms. The lowest BCUT2D eigenvalue weighted by Gasteiger charge is -2.34. The highest BCUT2D eigenvalue weighted by Crippen LogP contribution is 2.42. The van der Waals surface area contributed by atoms with Crippen LogP contribution in [-0.2, 0) is 13.0 Å². The Balaban J connectivity index is 1.78. The Hall–Kier alpha value is -1.13. The van der Waals surface area contributed by atoms with Crippen molar-refractivity contribution in [3.63, 3.8) is 0 Å². The van der Waals surface area contributed by atoms with Crippen LogP contribution in [0.15, 0.2) is 15.9 Å². The van der Waals surface area contributed by atoms with E-state index < -0.39 is 0 Å². The number of fused-ring (bicyclic) bond motifs is 1. The van der Waals surface area contributed by atoms with Crippen LogP contribution < -0.4 is 5.32 Å². The van der Waals surface area contributed by atoms with E-state index in [1.54, 1.807) is 11.3 Å². The van der Waals surface area contributed by atoms with Gasteiger partial charge in [-0.2, -0.15) is 0 Å². The molecule has 0 fully saturated rings. The van der Waals surface area contributed by atoms with Crippen LogP contribution in [0.2, 0.25) is 0 Å². The Bertz CT molecular complexity index is 612. The van der Waals surface area contributed by atoms with Gasteiger partial charge in [0.25, 0.3) is 0 Å². The fourth-order valence-corrected chi connectivity index (χ4v) is 3.78. The van der Waals surface area contributed by atoms with Gasteiger partial charge in [0, 0.05) is 35.6 Å². The molecule has 0 aliphatic heterocycles. The predicted octanol–water partition coefficient (Wildman–Crippen LogP) is 4.16. The van der Waals surface area contributed by atoms with Crippen molar-refractivity contribution in [2.45, 2.75) is 53.1 Å². The maximum atomic E-state index is 5.87. The Labute approximate surface area is 124 Å². The van der Waals surface area contributed by atoms with E-state index >= 15 is 0 Å². The van der Waals surface area contributed by atoms with Crippen LogP contribution in [0, 0.1) is 19.3 Å². The van der Waals surface area contributed by atoms with Crippen LogP contribution in [0.3, 0.4) is 0 Å². The summed E-state index contributed by atoms with van der Waals surface area (Å²) in [6.45, 7) is 9.54. The molecule has 0 amide bonds. The van der Waals surface area contributed by atoms with Gasteiger partial charge >= 0.3 is 0 Å². The van der Waals surface area contributed by atoms with E-state index in [1.807, 2.05) is 13.8 Å². The third-order valence-corrected chi connectivity index (χ3v) is 4.87. The minimum Gasteiger partial charge on any atom is -0.466 e. The van der Waals surface area contributed by atoms with Crippen LogP contribution in [-0.4, -0.2) is 4.98 Å². The first-order valence-corrected chi connectivity index (χ1v) is 8.04. The molecule has 3 rings (SSSR count). The Morgan fingerprint density at radius 2 is 2.25 bits per heavy atom. The summed E-state index contributed by atoms with van der Waals surface area (Å²) in [5.41, 5.74) is 2.74. The van der Waals surface area contributed by atoms with Crippen LogP contribution in [0.1, 0.15) is 54.1 Å². The van der Waals surface area contributed by atoms with Crippen molar-refractivity contribution in [2.24, 2.45) is 5.41 Å². The largest absolute Gasteiger partial charge is 0.466 e. The first-order valence-electron chi connectivity index (χ1n) is 7.16. The predicted molar refractivity (Wildman–Crippen MR) is 82.0 cm³/mol. The summed E-state index contributed by atoms with van der Waals surface area (Å²) >= 11 is 1.73. The third-order valence-electron chi connectivity index (χ3n) is 3.90. The molecule has 1 unspecified atom stereocenters. The summed E-state index contributed by atoms with van der Waals surface area (Å²) in [6.07, 6.45) is 2.17. The van der Waals surface area contributed by atoms with Crippen molar-refractivity contribution < 1.29 is 4.42 Å². The minimum absolute atomic E-state index is 0.285. The number of rotatable bonds is 3. The highest BCUT2D eigenvalue weighted by atomic mass is 32.1. The average Bonchev–Trinajstić information content (AvgIpc) is 2.90. The molecular weight excluding hydrogens is 268 g/mol. The second-order valence-electron chi connectivity index (χ2n) is 6.60. The number of aryl methyl sites for hydroxylation is 2. The van der Waals surface area contributed by atoms with E-state index in [9.17, 15) is 0 Å². The van der Waals surface area contributed by atoms with Crippen LogP contribution in [0.5, 0.6) is 0 Å². The van der Waals surface area contributed by atoms with Gasteiger partial charge in [-0.05, 0) is 31.7 Å². The van der Waals surface area contributed by atoms with E-state index in [0.717, 1.165) is 41.6 Å². The summed E-state index contributed by atoms with van der Waals surface area (Å²) in [5, 5.41) is 6.93. The SMILES string of the molecule is Cc1csc(CNC2CC(C)(C)Cc3oc(C)cc32)n1. The normalized spacial score (nSPS) is 20.9. The lowest BCUT2D eigenvalue weighted by Crippen LogP contribution is -2.32. The van der Waals surface area contributed by atoms with Gasteiger partial charge < -0.3 is 9.73 Å². The van der Waals surface area contributed by atoms with Gasteiger partial charge in [0.1, 0.15) is 16.5 Å². The van der Waals surface area contributed by atoms with Crippen LogP contribution in [0.25, 0.3) is 0 Å². The number of hydrogen-bond acceptors (Lipinski definition) is 4. The zero-order valence-electron chi connectivity index (χ0n) is 12.6. The van der Waals surface area contributed by atoms with Crippen molar-refractivity contribution >= 4 is 11.3 Å². The van der Waals surface area contributed by atoms with E-state index in [1.165, 1.54) is 5.56 Å². The molecule has 2 aromatic heterocycles. The van der Waals surface area contributed by atoms with E-state index in [4.69, 9.17) is 4.42 Å². The summed E-state index contributed by atoms with van der Waals surface area (Å²) < 4.78 is 5.87. The van der Waals surface area contributed by atoms with Crippen LogP contribution in [0.4, 0.5) is 0 Å². The van der Waals surface area contributed by atoms with Gasteiger partial charge in [-0.15, -0.1) is 11.3 Å². The van der Waals surface area contributed by atoms with Gasteiger partial charge in [-0.3, -0.25) is 0 Å². The number of nitrogens with one attached hydrogen (secondary N) is 1. The Morgan fingerprint density at radius 3 is 2.95 bits per heavy atom. The average molecular weight is 290 g/mol. The number of aromatic nitrogens is 1. The summed E-state index contributed by atoms with van der Waals surface area (Å²) in [5.74, 6) is 2.18. The van der Waals surface area contributed by atoms with Crippen molar-refractivity contribution in [1.29, 1.82) is 0 Å². The van der Waals surface area contributed by atoms with Crippen molar-refractivity contribution in [3.05, 3.63) is 39.2 Å². The fraction of sp³-hybridized carbons (Fsp3) is 0.562. The molecule has 108 valence electrons. The first kappa shape index (κ1) is 13.8. The van der Waals surface area contributed by atoms with Gasteiger partial charge in [0.05, 0.1) is 0 Å². The Kier molecular flexibility index (Phi) is 3.46. The molecule has 1 atom stereocenters. The number of thiazole rings is 1. The van der Waals surface area contributed by atoms with E-state index in [-0.39, 0.29) is 5.41 Å². The van der Waals surface area contributed by atoms with Crippen molar-refractivity contribution in [2.75, 3.05) is 0 Å². The summed E-state index contributed by atoms with van der Waals surface area (Å²) in [6, 6.07) is 2.56. The monoisotopic (exact) mass is 290 g/mol. The summed E-state index contributed by atoms with van der Waals surface area (Å²) in [4.78, 5) is 4.53. The van der Waals surface area contributed by atoms with E-state index in [0.29, 0.717) is 6.04 Å². The highest BCUT2D eigenvalue weighted by molar-refractivity contribution is 7.09. The molecule has 2 heterocycles. The quantitative estimate of drug-likeness (QED) is 0.922. The first-order chi connectivity index (χ1) is 9.43. The second kappa shape index (κ2) is 5.01. The molecule has 1 N–H and O–H groups in total. The molecule has 2 aromatic rings. The molecule has 0 aromatic carbocycles. The molecule has 0 bridgehead atoms. The minimum atomic E-state index is 0.285. The molecule has 0 saturated carbocycles. The second-order valence-corrected chi connectivity index (χ2v) is 7.54. The smallest absolute Gasteiger partial charge is 0.109 e. The third kappa shape index (κ3) is 2.81. The molecule has 3 nitrogen and oxygen atoms in total. The molecule has 1 aliphatic rings. The Morgan fingerprint density at radius 1 is 1.45 bits per heavy atom. The molecule has 1 aliphatic carbocycles. The van der Waals surface area contributed by atoms with Crippen molar-refractivity contribution in [3.8, 4) is 0 Å². The molecule has 20 heavy (non-hydrogen) atoms. The van der Waals surface area contributed by atoms with Crippen LogP contribution >= 0.6 is 11.3 Å². The maximum Gasteiger partial charge on any atom is 0.109 e. The number of furan rings is 1. The van der Waals surface area contributed by atoms with E-state index in [2.05, 4.69) is 35.6 Å². The standard InChI is InChI=1S/C16H22N2OS/c1-10-9-20-15(18-10)8-17-13-6-16(3,4)7-14-12(13)5-11(2)19-14/h5,9,13,17H,6-8H2,1-4H3. The zero-order valence-corrected chi connectivity index (χ0v) is 13.4. The lowest BCUT2D eigenvalue weighted by atomic mass is 9.75. The highest BCUT2D eigenvalue weighted by Gasteiger charge is 2.34. The van der Waals surface area contributed by atoms with Gasteiger partial charge in [0.15, 0.2) is 0 Å². The zero-order chi connectivity index (χ0) is 14.3. The molecular formula is C16H22N2OS. The van der Waals surface area contributed by atoms with Gasteiger partial charge in [-0.25, -0.2) is 4.98 Å². The topological polar surface area (TPSA) is 38.1 Å². The number of hydrogen-bond donors (Lipinski definition) is 1. The van der Waals surface area contributed by atoms with Gasteiger partial charge in [-0.1, -0.05) is 13.8 Å².